The standard InChI is InChI=1S/C12H15ClF3N3O2/c1-7-9(13)10(12(14,15)16)17-19(7)8(2)11(20)18-3-5-21-6-4-18/h8H,3-6H2,1-2H3/t8-/m1/s1. The van der Waals surface area contributed by atoms with E-state index < -0.39 is 22.9 Å². The van der Waals surface area contributed by atoms with Crippen molar-refractivity contribution in [1.29, 1.82) is 0 Å². The Bertz CT molecular complexity index is 539. The molecular weight excluding hydrogens is 311 g/mol. The van der Waals surface area contributed by atoms with Crippen molar-refractivity contribution in [3.63, 3.8) is 0 Å². The number of halogens is 4. The van der Waals surface area contributed by atoms with Gasteiger partial charge in [0.05, 0.1) is 23.9 Å². The second-order valence-corrected chi connectivity index (χ2v) is 5.18. The summed E-state index contributed by atoms with van der Waals surface area (Å²) in [5.74, 6) is -0.297. The molecule has 21 heavy (non-hydrogen) atoms. The first kappa shape index (κ1) is 16.1. The van der Waals surface area contributed by atoms with Crippen LogP contribution in [0.15, 0.2) is 0 Å². The largest absolute Gasteiger partial charge is 0.436 e. The minimum atomic E-state index is -4.64. The van der Waals surface area contributed by atoms with Crippen LogP contribution in [0.1, 0.15) is 24.4 Å². The number of alkyl halides is 3. The molecule has 1 amide bonds. The summed E-state index contributed by atoms with van der Waals surface area (Å²) in [5, 5.41) is 3.01. The van der Waals surface area contributed by atoms with E-state index in [2.05, 4.69) is 5.10 Å². The average Bonchev–Trinajstić information content (AvgIpc) is 2.74. The van der Waals surface area contributed by atoms with Gasteiger partial charge < -0.3 is 9.64 Å². The predicted molar refractivity (Wildman–Crippen MR) is 69.1 cm³/mol. The summed E-state index contributed by atoms with van der Waals surface area (Å²) in [5.41, 5.74) is -1.04. The second kappa shape index (κ2) is 5.84. The summed E-state index contributed by atoms with van der Waals surface area (Å²) in [7, 11) is 0. The highest BCUT2D eigenvalue weighted by Crippen LogP contribution is 2.36. The van der Waals surface area contributed by atoms with Crippen LogP contribution in [-0.2, 0) is 15.7 Å². The Morgan fingerprint density at radius 1 is 1.38 bits per heavy atom. The van der Waals surface area contributed by atoms with E-state index >= 15 is 0 Å². The SMILES string of the molecule is Cc1c(Cl)c(C(F)(F)F)nn1[C@H](C)C(=O)N1CCOCC1. The molecule has 0 unspecified atom stereocenters. The Labute approximate surface area is 124 Å². The molecule has 1 saturated heterocycles. The van der Waals surface area contributed by atoms with Crippen LogP contribution >= 0.6 is 11.6 Å². The van der Waals surface area contributed by atoms with Gasteiger partial charge in [0.15, 0.2) is 5.69 Å². The van der Waals surface area contributed by atoms with Gasteiger partial charge in [-0.25, -0.2) is 0 Å². The molecule has 5 nitrogen and oxygen atoms in total. The lowest BCUT2D eigenvalue weighted by Gasteiger charge is -2.29. The van der Waals surface area contributed by atoms with Crippen molar-refractivity contribution in [2.45, 2.75) is 26.1 Å². The van der Waals surface area contributed by atoms with Crippen LogP contribution < -0.4 is 0 Å². The zero-order chi connectivity index (χ0) is 15.8. The summed E-state index contributed by atoms with van der Waals surface area (Å²) in [6.07, 6.45) is -4.64. The molecule has 1 aliphatic rings. The fourth-order valence-corrected chi connectivity index (χ4v) is 2.44. The van der Waals surface area contributed by atoms with Crippen LogP contribution in [0.3, 0.4) is 0 Å². The lowest BCUT2D eigenvalue weighted by Crippen LogP contribution is -2.44. The molecule has 2 rings (SSSR count). The topological polar surface area (TPSA) is 47.4 Å². The van der Waals surface area contributed by atoms with Gasteiger partial charge in [0.1, 0.15) is 6.04 Å². The van der Waals surface area contributed by atoms with Crippen molar-refractivity contribution >= 4 is 17.5 Å². The van der Waals surface area contributed by atoms with Crippen molar-refractivity contribution in [1.82, 2.24) is 14.7 Å². The normalized spacial score (nSPS) is 17.9. The van der Waals surface area contributed by atoms with E-state index in [-0.39, 0.29) is 11.6 Å². The lowest BCUT2D eigenvalue weighted by molar-refractivity contribution is -0.143. The van der Waals surface area contributed by atoms with E-state index in [1.54, 1.807) is 4.90 Å². The third kappa shape index (κ3) is 3.16. The van der Waals surface area contributed by atoms with Crippen LogP contribution in [0.2, 0.25) is 5.02 Å². The molecule has 1 aromatic heterocycles. The van der Waals surface area contributed by atoms with Crippen molar-refractivity contribution in [2.24, 2.45) is 0 Å². The molecule has 1 atom stereocenters. The highest BCUT2D eigenvalue weighted by molar-refractivity contribution is 6.32. The molecule has 0 N–H and O–H groups in total. The van der Waals surface area contributed by atoms with Crippen molar-refractivity contribution < 1.29 is 22.7 Å². The number of carbonyl (C=O) groups excluding carboxylic acids is 1. The number of carbonyl (C=O) groups is 1. The van der Waals surface area contributed by atoms with Crippen molar-refractivity contribution in [2.75, 3.05) is 26.3 Å². The summed E-state index contributed by atoms with van der Waals surface area (Å²) >= 11 is 5.68. The fourth-order valence-electron chi connectivity index (χ4n) is 2.21. The number of aromatic nitrogens is 2. The van der Waals surface area contributed by atoms with Crippen molar-refractivity contribution in [3.05, 3.63) is 16.4 Å². The molecule has 0 aromatic carbocycles. The highest BCUT2D eigenvalue weighted by Gasteiger charge is 2.39. The number of morpholine rings is 1. The van der Waals surface area contributed by atoms with E-state index in [9.17, 15) is 18.0 Å². The van der Waals surface area contributed by atoms with Crippen LogP contribution in [0.5, 0.6) is 0 Å². The van der Waals surface area contributed by atoms with Crippen LogP contribution in [0.25, 0.3) is 0 Å². The molecule has 0 spiro atoms. The first-order valence-electron chi connectivity index (χ1n) is 6.41. The number of nitrogens with zero attached hydrogens (tertiary/aromatic N) is 3. The predicted octanol–water partition coefficient (Wildman–Crippen LogP) is 2.28. The van der Waals surface area contributed by atoms with Gasteiger partial charge in [0.25, 0.3) is 0 Å². The number of rotatable bonds is 2. The van der Waals surface area contributed by atoms with Gasteiger partial charge in [-0.3, -0.25) is 9.48 Å². The summed E-state index contributed by atoms with van der Waals surface area (Å²) in [6.45, 7) is 4.60. The maximum absolute atomic E-state index is 12.8. The Balaban J connectivity index is 2.27. The average molecular weight is 326 g/mol. The molecule has 9 heteroatoms. The molecule has 0 aliphatic carbocycles. The molecule has 0 bridgehead atoms. The Hall–Kier alpha value is -1.28. The molecule has 2 heterocycles. The number of hydrogen-bond donors (Lipinski definition) is 0. The number of hydrogen-bond acceptors (Lipinski definition) is 3. The quantitative estimate of drug-likeness (QED) is 0.838. The minimum Gasteiger partial charge on any atom is -0.378 e. The third-order valence-corrected chi connectivity index (χ3v) is 3.84. The summed E-state index contributed by atoms with van der Waals surface area (Å²) in [6, 6.07) is -0.850. The van der Waals surface area contributed by atoms with Crippen molar-refractivity contribution in [3.8, 4) is 0 Å². The Morgan fingerprint density at radius 2 is 1.95 bits per heavy atom. The van der Waals surface area contributed by atoms with Gasteiger partial charge in [0.2, 0.25) is 5.91 Å². The zero-order valence-corrected chi connectivity index (χ0v) is 12.3. The fraction of sp³-hybridized carbons (Fsp3) is 0.667. The molecule has 1 aromatic rings. The smallest absolute Gasteiger partial charge is 0.378 e. The van der Waals surface area contributed by atoms with Gasteiger partial charge in [-0.1, -0.05) is 11.6 Å². The maximum Gasteiger partial charge on any atom is 0.436 e. The zero-order valence-electron chi connectivity index (χ0n) is 11.6. The Morgan fingerprint density at radius 3 is 2.43 bits per heavy atom. The summed E-state index contributed by atoms with van der Waals surface area (Å²) < 4.78 is 44.5. The second-order valence-electron chi connectivity index (χ2n) is 4.80. The van der Waals surface area contributed by atoms with Crippen LogP contribution in [0.4, 0.5) is 13.2 Å². The molecule has 118 valence electrons. The van der Waals surface area contributed by atoms with E-state index in [0.29, 0.717) is 26.3 Å². The van der Waals surface area contributed by atoms with Gasteiger partial charge in [-0.05, 0) is 13.8 Å². The molecule has 0 radical (unpaired) electrons. The van der Waals surface area contributed by atoms with E-state index in [0.717, 1.165) is 4.68 Å². The molecular formula is C12H15ClF3N3O2. The molecule has 1 aliphatic heterocycles. The van der Waals surface area contributed by atoms with Gasteiger partial charge in [0, 0.05) is 13.1 Å². The van der Waals surface area contributed by atoms with E-state index in [1.165, 1.54) is 13.8 Å². The molecule has 0 saturated carbocycles. The monoisotopic (exact) mass is 325 g/mol. The van der Waals surface area contributed by atoms with E-state index in [4.69, 9.17) is 16.3 Å². The van der Waals surface area contributed by atoms with Gasteiger partial charge in [-0.15, -0.1) is 0 Å². The highest BCUT2D eigenvalue weighted by atomic mass is 35.5. The Kier molecular flexibility index (Phi) is 4.48. The first-order chi connectivity index (χ1) is 9.73. The van der Waals surface area contributed by atoms with E-state index in [1.807, 2.05) is 0 Å². The minimum absolute atomic E-state index is 0.123. The number of ether oxygens (including phenoxy) is 1. The van der Waals surface area contributed by atoms with Gasteiger partial charge in [-0.2, -0.15) is 18.3 Å². The first-order valence-corrected chi connectivity index (χ1v) is 6.79. The van der Waals surface area contributed by atoms with Gasteiger partial charge >= 0.3 is 6.18 Å². The summed E-state index contributed by atoms with van der Waals surface area (Å²) in [4.78, 5) is 13.9. The van der Waals surface area contributed by atoms with Crippen LogP contribution in [0, 0.1) is 6.92 Å². The lowest BCUT2D eigenvalue weighted by atomic mass is 10.2. The number of amides is 1. The third-order valence-electron chi connectivity index (χ3n) is 3.39. The maximum atomic E-state index is 12.8. The molecule has 1 fully saturated rings. The van der Waals surface area contributed by atoms with Crippen LogP contribution in [-0.4, -0.2) is 46.9 Å².